The van der Waals surface area contributed by atoms with Crippen molar-refractivity contribution in [3.63, 3.8) is 0 Å². The largest absolute Gasteiger partial charge is 0.476 e. The quantitative estimate of drug-likeness (QED) is 0.683. The summed E-state index contributed by atoms with van der Waals surface area (Å²) in [5.41, 5.74) is 2.06. The lowest BCUT2D eigenvalue weighted by molar-refractivity contribution is -0.134. The highest BCUT2D eigenvalue weighted by atomic mass is 16.5. The number of carbonyl (C=O) groups is 1. The summed E-state index contributed by atoms with van der Waals surface area (Å²) < 4.78 is 11.8. The first-order valence-corrected chi connectivity index (χ1v) is 9.75. The summed E-state index contributed by atoms with van der Waals surface area (Å²) in [6.45, 7) is 4.79. The molecule has 1 amide bonds. The minimum atomic E-state index is -0.270. The van der Waals surface area contributed by atoms with Crippen LogP contribution in [0, 0.1) is 6.92 Å². The Kier molecular flexibility index (Phi) is 5.36. The molecule has 2 aromatic carbocycles. The Labute approximate surface area is 169 Å². The van der Waals surface area contributed by atoms with Crippen molar-refractivity contribution < 1.29 is 13.9 Å². The Bertz CT molecular complexity index is 1080. The summed E-state index contributed by atoms with van der Waals surface area (Å²) in [7, 11) is 2.03. The molecule has 6 heteroatoms. The van der Waals surface area contributed by atoms with E-state index < -0.39 is 0 Å². The summed E-state index contributed by atoms with van der Waals surface area (Å²) in [5, 5.41) is 0.436. The van der Waals surface area contributed by atoms with Crippen LogP contribution in [0.4, 0.5) is 0 Å². The van der Waals surface area contributed by atoms with Crippen LogP contribution < -0.4 is 10.2 Å². The third-order valence-electron chi connectivity index (χ3n) is 5.27. The van der Waals surface area contributed by atoms with E-state index in [-0.39, 0.29) is 23.7 Å². The van der Waals surface area contributed by atoms with Crippen molar-refractivity contribution in [1.29, 1.82) is 0 Å². The standard InChI is InChI=1S/C23H24N2O4/c1-16-7-9-17(10-8-16)22-23(21(27)18-5-3-4-6-19(18)29-22)28-15-20(26)25-13-11-24(2)12-14-25/h3-10H,11-15H2,1-2H3. The van der Waals surface area contributed by atoms with Crippen LogP contribution in [-0.4, -0.2) is 55.5 Å². The van der Waals surface area contributed by atoms with Crippen molar-refractivity contribution in [2.45, 2.75) is 6.92 Å². The maximum absolute atomic E-state index is 13.1. The van der Waals surface area contributed by atoms with Crippen molar-refractivity contribution in [3.8, 4) is 17.1 Å². The molecular weight excluding hydrogens is 368 g/mol. The molecule has 1 fully saturated rings. The first-order valence-electron chi connectivity index (χ1n) is 9.75. The molecule has 1 saturated heterocycles. The highest BCUT2D eigenvalue weighted by Crippen LogP contribution is 2.31. The van der Waals surface area contributed by atoms with Crippen molar-refractivity contribution in [2.75, 3.05) is 39.8 Å². The Hall–Kier alpha value is -3.12. The van der Waals surface area contributed by atoms with E-state index in [0.717, 1.165) is 24.2 Å². The number of aryl methyl sites for hydroxylation is 1. The first-order chi connectivity index (χ1) is 14.0. The fourth-order valence-electron chi connectivity index (χ4n) is 3.43. The number of hydrogen-bond acceptors (Lipinski definition) is 5. The van der Waals surface area contributed by atoms with Gasteiger partial charge < -0.3 is 19.0 Å². The van der Waals surface area contributed by atoms with Crippen molar-refractivity contribution in [1.82, 2.24) is 9.80 Å². The first kappa shape index (κ1) is 19.2. The molecule has 0 radical (unpaired) electrons. The van der Waals surface area contributed by atoms with E-state index in [1.807, 2.05) is 44.3 Å². The summed E-state index contributed by atoms with van der Waals surface area (Å²) in [6, 6.07) is 14.7. The molecule has 29 heavy (non-hydrogen) atoms. The lowest BCUT2D eigenvalue weighted by Gasteiger charge is -2.32. The van der Waals surface area contributed by atoms with E-state index in [4.69, 9.17) is 9.15 Å². The van der Waals surface area contributed by atoms with Crippen molar-refractivity contribution >= 4 is 16.9 Å². The van der Waals surface area contributed by atoms with Crippen LogP contribution >= 0.6 is 0 Å². The van der Waals surface area contributed by atoms with Crippen LogP contribution in [0.15, 0.2) is 57.7 Å². The van der Waals surface area contributed by atoms with Gasteiger partial charge in [0.15, 0.2) is 12.4 Å². The number of hydrogen-bond donors (Lipinski definition) is 0. The van der Waals surface area contributed by atoms with Gasteiger partial charge in [0, 0.05) is 31.7 Å². The third kappa shape index (κ3) is 4.03. The molecule has 0 bridgehead atoms. The molecule has 1 aliphatic rings. The molecule has 1 aromatic heterocycles. The van der Waals surface area contributed by atoms with Gasteiger partial charge in [0.05, 0.1) is 5.39 Å². The van der Waals surface area contributed by atoms with E-state index in [2.05, 4.69) is 4.90 Å². The number of amides is 1. The molecule has 0 aliphatic carbocycles. The van der Waals surface area contributed by atoms with E-state index in [0.29, 0.717) is 29.8 Å². The maximum atomic E-state index is 13.1. The van der Waals surface area contributed by atoms with Gasteiger partial charge in [-0.15, -0.1) is 0 Å². The van der Waals surface area contributed by atoms with Gasteiger partial charge >= 0.3 is 0 Å². The normalized spacial score (nSPS) is 14.9. The maximum Gasteiger partial charge on any atom is 0.260 e. The fraction of sp³-hybridized carbons (Fsp3) is 0.304. The van der Waals surface area contributed by atoms with E-state index >= 15 is 0 Å². The second-order valence-corrected chi connectivity index (χ2v) is 7.42. The highest BCUT2D eigenvalue weighted by Gasteiger charge is 2.22. The van der Waals surface area contributed by atoms with Crippen molar-refractivity contribution in [2.24, 2.45) is 0 Å². The predicted molar refractivity (Wildman–Crippen MR) is 112 cm³/mol. The molecule has 150 valence electrons. The van der Waals surface area contributed by atoms with Gasteiger partial charge in [0.1, 0.15) is 5.58 Å². The minimum Gasteiger partial charge on any atom is -0.476 e. The number of ether oxygens (including phenoxy) is 1. The average Bonchev–Trinajstić information content (AvgIpc) is 2.74. The molecule has 6 nitrogen and oxygen atoms in total. The van der Waals surface area contributed by atoms with Gasteiger partial charge in [0.25, 0.3) is 5.91 Å². The van der Waals surface area contributed by atoms with E-state index in [1.54, 1.807) is 23.1 Å². The molecule has 0 unspecified atom stereocenters. The Morgan fingerprint density at radius 3 is 2.45 bits per heavy atom. The summed E-state index contributed by atoms with van der Waals surface area (Å²) in [5.74, 6) is 0.301. The summed E-state index contributed by atoms with van der Waals surface area (Å²) >= 11 is 0. The Morgan fingerprint density at radius 2 is 1.72 bits per heavy atom. The average molecular weight is 392 g/mol. The molecule has 0 atom stereocenters. The topological polar surface area (TPSA) is 63.0 Å². The molecular formula is C23H24N2O4. The van der Waals surface area contributed by atoms with Crippen LogP contribution in [0.25, 0.3) is 22.3 Å². The zero-order valence-corrected chi connectivity index (χ0v) is 16.7. The lowest BCUT2D eigenvalue weighted by Crippen LogP contribution is -2.48. The van der Waals surface area contributed by atoms with Gasteiger partial charge in [-0.3, -0.25) is 9.59 Å². The SMILES string of the molecule is Cc1ccc(-c2oc3ccccc3c(=O)c2OCC(=O)N2CCN(C)CC2)cc1. The fourth-order valence-corrected chi connectivity index (χ4v) is 3.43. The number of para-hydroxylation sites is 1. The van der Waals surface area contributed by atoms with Crippen LogP contribution in [-0.2, 0) is 4.79 Å². The van der Waals surface area contributed by atoms with Gasteiger partial charge in [-0.1, -0.05) is 42.0 Å². The number of likely N-dealkylation sites (N-methyl/N-ethyl adjacent to an activating group) is 1. The zero-order valence-electron chi connectivity index (χ0n) is 16.7. The predicted octanol–water partition coefficient (Wildman–Crippen LogP) is 2.92. The number of rotatable bonds is 4. The summed E-state index contributed by atoms with van der Waals surface area (Å²) in [4.78, 5) is 29.7. The van der Waals surface area contributed by atoms with Crippen LogP contribution in [0.5, 0.6) is 5.75 Å². The molecule has 0 spiro atoms. The highest BCUT2D eigenvalue weighted by molar-refractivity contribution is 5.83. The minimum absolute atomic E-state index is 0.0787. The van der Waals surface area contributed by atoms with Gasteiger partial charge in [0.2, 0.25) is 11.2 Å². The van der Waals surface area contributed by atoms with Gasteiger partial charge in [-0.05, 0) is 26.1 Å². The number of piperazine rings is 1. The molecule has 3 aromatic rings. The molecule has 0 saturated carbocycles. The lowest BCUT2D eigenvalue weighted by atomic mass is 10.1. The summed E-state index contributed by atoms with van der Waals surface area (Å²) in [6.07, 6.45) is 0. The number of carbonyl (C=O) groups excluding carboxylic acids is 1. The van der Waals surface area contributed by atoms with Gasteiger partial charge in [-0.25, -0.2) is 0 Å². The van der Waals surface area contributed by atoms with Gasteiger partial charge in [-0.2, -0.15) is 0 Å². The van der Waals surface area contributed by atoms with Crippen LogP contribution in [0.1, 0.15) is 5.56 Å². The van der Waals surface area contributed by atoms with E-state index in [9.17, 15) is 9.59 Å². The van der Waals surface area contributed by atoms with E-state index in [1.165, 1.54) is 0 Å². The number of benzene rings is 2. The molecule has 4 rings (SSSR count). The van der Waals surface area contributed by atoms with Crippen LogP contribution in [0.3, 0.4) is 0 Å². The molecule has 1 aliphatic heterocycles. The monoisotopic (exact) mass is 392 g/mol. The Morgan fingerprint density at radius 1 is 1.03 bits per heavy atom. The third-order valence-corrected chi connectivity index (χ3v) is 5.27. The second-order valence-electron chi connectivity index (χ2n) is 7.42. The smallest absolute Gasteiger partial charge is 0.260 e. The van der Waals surface area contributed by atoms with Crippen molar-refractivity contribution in [3.05, 3.63) is 64.3 Å². The molecule has 0 N–H and O–H groups in total. The second kappa shape index (κ2) is 8.09. The number of fused-ring (bicyclic) bond motifs is 1. The zero-order chi connectivity index (χ0) is 20.4. The van der Waals surface area contributed by atoms with Crippen LogP contribution in [0.2, 0.25) is 0 Å². The molecule has 2 heterocycles. The number of nitrogens with zero attached hydrogens (tertiary/aromatic N) is 2. The Balaban J connectivity index is 1.67.